The Balaban J connectivity index is 0.659. The number of piperidine rings is 3. The van der Waals surface area contributed by atoms with Gasteiger partial charge >= 0.3 is 0 Å². The van der Waals surface area contributed by atoms with Gasteiger partial charge in [-0.15, -0.1) is 0 Å². The van der Waals surface area contributed by atoms with Gasteiger partial charge in [-0.05, 0) is 118 Å². The maximum absolute atomic E-state index is 15.4. The van der Waals surface area contributed by atoms with E-state index in [1.54, 1.807) is 46.2 Å². The average Bonchev–Trinajstić information content (AvgIpc) is 4.28. The zero-order valence-corrected chi connectivity index (χ0v) is 41.7. The van der Waals surface area contributed by atoms with Crippen LogP contribution in [0.2, 0.25) is 0 Å². The molecule has 10 rings (SSSR count). The summed E-state index contributed by atoms with van der Waals surface area (Å²) in [7, 11) is 0. The molecule has 2 N–H and O–H groups in total. The molecule has 1 atom stereocenters. The zero-order valence-electron chi connectivity index (χ0n) is 41.7. The van der Waals surface area contributed by atoms with E-state index in [0.29, 0.717) is 93.7 Å². The molecule has 2 saturated carbocycles. The number of halogens is 2. The molecule has 3 aromatic carbocycles. The number of likely N-dealkylation sites (tertiary alicyclic amines) is 3. The summed E-state index contributed by atoms with van der Waals surface area (Å²) < 4.78 is 37.1. The van der Waals surface area contributed by atoms with Crippen molar-refractivity contribution in [3.8, 4) is 0 Å². The number of benzene rings is 3. The number of H-pyrrole nitrogens is 1. The molecule has 0 bridgehead atoms. The monoisotopic (exact) mass is 1000 g/mol. The van der Waals surface area contributed by atoms with Gasteiger partial charge < -0.3 is 29.7 Å². The molecule has 6 aliphatic rings. The summed E-state index contributed by atoms with van der Waals surface area (Å²) in [6.45, 7) is 5.32. The van der Waals surface area contributed by atoms with Crippen LogP contribution in [0.15, 0.2) is 65.5 Å². The molecule has 4 aromatic rings. The van der Waals surface area contributed by atoms with Gasteiger partial charge in [0.1, 0.15) is 17.7 Å². The van der Waals surface area contributed by atoms with Gasteiger partial charge in [0.15, 0.2) is 0 Å². The lowest BCUT2D eigenvalue weighted by Crippen LogP contribution is -2.55. The summed E-state index contributed by atoms with van der Waals surface area (Å²) in [6.07, 6.45) is 11.4. The van der Waals surface area contributed by atoms with Crippen molar-refractivity contribution in [3.05, 3.63) is 111 Å². The highest BCUT2D eigenvalue weighted by Gasteiger charge is 2.38. The molecule has 17 heteroatoms. The highest BCUT2D eigenvalue weighted by Crippen LogP contribution is 2.35. The van der Waals surface area contributed by atoms with Crippen LogP contribution in [0.3, 0.4) is 0 Å². The van der Waals surface area contributed by atoms with E-state index in [9.17, 15) is 28.8 Å². The number of nitrogens with zero attached hydrogens (tertiary/aromatic N) is 6. The van der Waals surface area contributed by atoms with E-state index in [1.807, 2.05) is 21.9 Å². The molecule has 5 amide bonds. The standard InChI is InChI=1S/C56H68F2N8O7/c57-47-15-13-40(37-16-24-64(25-17-37)54(70)39-11-12-39)34-45(47)52(68)59-51(38-6-2-1-3-7-38)56(72)65-26-20-42(21-27-65)73-41-18-22-62(23-19-41)35-50(67)63-28-30-66(31-29-63)55(71)46-32-36(10-14-48(46)58)33-49-43-8-4-5-9-44(43)53(69)61-60-49/h4-5,8-10,13-15,32,34,37-39,41-42,51H,1-3,6-7,11-12,16-31,33,35H2,(H,59,68)(H,61,69)/t51-/m1/s1. The maximum atomic E-state index is 15.4. The maximum Gasteiger partial charge on any atom is 0.272 e. The fraction of sp³-hybridized carbons (Fsp3) is 0.554. The SMILES string of the molecule is O=C(N[C@@H](C(=O)N1CCC(OC2CCN(CC(=O)N3CCN(C(=O)c4cc(Cc5n[nH]c(=O)c6ccccc56)ccc4F)CC3)CC2)CC1)C1CCCCC1)c1cc(C2CCN(C(=O)C3CC3)CC2)ccc1F. The van der Waals surface area contributed by atoms with Gasteiger partial charge in [-0.1, -0.05) is 49.6 Å². The molecule has 4 saturated heterocycles. The number of carbonyl (C=O) groups is 5. The number of aromatic nitrogens is 2. The fourth-order valence-electron chi connectivity index (χ4n) is 11.9. The second kappa shape index (κ2) is 22.6. The number of rotatable bonds is 13. The molecule has 0 radical (unpaired) electrons. The molecular formula is C56H68F2N8O7. The van der Waals surface area contributed by atoms with Gasteiger partial charge in [-0.25, -0.2) is 13.9 Å². The Morgan fingerprint density at radius 3 is 1.99 bits per heavy atom. The number of piperazine rings is 1. The number of hydrogen-bond donors (Lipinski definition) is 2. The molecule has 15 nitrogen and oxygen atoms in total. The zero-order chi connectivity index (χ0) is 50.6. The van der Waals surface area contributed by atoms with Crippen LogP contribution in [0.5, 0.6) is 0 Å². The first-order valence-corrected chi connectivity index (χ1v) is 26.8. The number of carbonyl (C=O) groups excluding carboxylic acids is 5. The van der Waals surface area contributed by atoms with Crippen LogP contribution >= 0.6 is 0 Å². The average molecular weight is 1000 g/mol. The summed E-state index contributed by atoms with van der Waals surface area (Å²) in [4.78, 5) is 89.5. The molecule has 4 aliphatic heterocycles. The Labute approximate surface area is 425 Å². The van der Waals surface area contributed by atoms with Gasteiger partial charge in [0.05, 0.1) is 41.0 Å². The number of fused-ring (bicyclic) bond motifs is 1. The topological polar surface area (TPSA) is 169 Å². The van der Waals surface area contributed by atoms with Crippen molar-refractivity contribution in [2.24, 2.45) is 11.8 Å². The van der Waals surface area contributed by atoms with E-state index < -0.39 is 29.5 Å². The molecule has 6 fully saturated rings. The summed E-state index contributed by atoms with van der Waals surface area (Å²) in [6, 6.07) is 15.6. The second-order valence-corrected chi connectivity index (χ2v) is 21.3. The van der Waals surface area contributed by atoms with Crippen molar-refractivity contribution in [2.45, 2.75) is 114 Å². The third-order valence-corrected chi connectivity index (χ3v) is 16.5. The molecule has 5 heterocycles. The number of amides is 5. The third kappa shape index (κ3) is 11.8. The largest absolute Gasteiger partial charge is 0.375 e. The van der Waals surface area contributed by atoms with E-state index >= 15 is 8.78 Å². The highest BCUT2D eigenvalue weighted by molar-refractivity contribution is 5.98. The molecule has 1 aromatic heterocycles. The summed E-state index contributed by atoms with van der Waals surface area (Å²) >= 11 is 0. The smallest absolute Gasteiger partial charge is 0.272 e. The summed E-state index contributed by atoms with van der Waals surface area (Å²) in [5.41, 5.74) is 1.82. The van der Waals surface area contributed by atoms with Gasteiger partial charge in [0.2, 0.25) is 17.7 Å². The molecular weight excluding hydrogens is 935 g/mol. The molecule has 0 spiro atoms. The minimum absolute atomic E-state index is 0.00628. The number of ether oxygens (including phenoxy) is 1. The molecule has 0 unspecified atom stereocenters. The normalized spacial score (nSPS) is 20.6. The van der Waals surface area contributed by atoms with Crippen molar-refractivity contribution in [1.82, 2.24) is 40.0 Å². The number of nitrogens with one attached hydrogen (secondary N) is 2. The first-order chi connectivity index (χ1) is 35.4. The minimum atomic E-state index is -0.738. The van der Waals surface area contributed by atoms with Crippen LogP contribution in [0.25, 0.3) is 10.8 Å². The van der Waals surface area contributed by atoms with Crippen LogP contribution in [0.1, 0.15) is 127 Å². The predicted molar refractivity (Wildman–Crippen MR) is 270 cm³/mol. The van der Waals surface area contributed by atoms with Crippen LogP contribution < -0.4 is 10.9 Å². The fourth-order valence-corrected chi connectivity index (χ4v) is 11.9. The first kappa shape index (κ1) is 50.5. The van der Waals surface area contributed by atoms with Crippen LogP contribution in [-0.2, 0) is 25.5 Å². The Morgan fingerprint density at radius 2 is 1.29 bits per heavy atom. The minimum Gasteiger partial charge on any atom is -0.375 e. The van der Waals surface area contributed by atoms with Gasteiger partial charge in [-0.3, -0.25) is 33.7 Å². The summed E-state index contributed by atoms with van der Waals surface area (Å²) in [5, 5.41) is 11.0. The lowest BCUT2D eigenvalue weighted by Gasteiger charge is -2.40. The van der Waals surface area contributed by atoms with Crippen molar-refractivity contribution in [2.75, 3.05) is 72.0 Å². The lowest BCUT2D eigenvalue weighted by molar-refractivity contribution is -0.140. The van der Waals surface area contributed by atoms with E-state index in [1.165, 1.54) is 12.1 Å². The molecule has 73 heavy (non-hydrogen) atoms. The predicted octanol–water partition coefficient (Wildman–Crippen LogP) is 6.04. The first-order valence-electron chi connectivity index (χ1n) is 26.8. The van der Waals surface area contributed by atoms with Crippen LogP contribution in [-0.4, -0.2) is 154 Å². The molecule has 2 aliphatic carbocycles. The van der Waals surface area contributed by atoms with E-state index in [0.717, 1.165) is 76.2 Å². The Morgan fingerprint density at radius 1 is 0.658 bits per heavy atom. The van der Waals surface area contributed by atoms with Gasteiger partial charge in [0, 0.05) is 83.2 Å². The third-order valence-electron chi connectivity index (χ3n) is 16.5. The van der Waals surface area contributed by atoms with Crippen LogP contribution in [0.4, 0.5) is 8.78 Å². The van der Waals surface area contributed by atoms with Gasteiger partial charge in [0.25, 0.3) is 17.4 Å². The van der Waals surface area contributed by atoms with Crippen molar-refractivity contribution in [3.63, 3.8) is 0 Å². The van der Waals surface area contributed by atoms with E-state index in [2.05, 4.69) is 20.4 Å². The number of hydrogen-bond acceptors (Lipinski definition) is 9. The lowest BCUT2D eigenvalue weighted by atomic mass is 9.83. The molecule has 388 valence electrons. The highest BCUT2D eigenvalue weighted by atomic mass is 19.1. The van der Waals surface area contributed by atoms with Crippen molar-refractivity contribution >= 4 is 40.3 Å². The van der Waals surface area contributed by atoms with Crippen molar-refractivity contribution < 1.29 is 37.5 Å². The Bertz CT molecular complexity index is 2730. The number of aromatic amines is 1. The Kier molecular flexibility index (Phi) is 15.6. The Hall–Kier alpha value is -6.07. The van der Waals surface area contributed by atoms with Crippen molar-refractivity contribution in [1.29, 1.82) is 0 Å². The van der Waals surface area contributed by atoms with E-state index in [4.69, 9.17) is 4.74 Å². The van der Waals surface area contributed by atoms with Crippen LogP contribution in [0, 0.1) is 23.5 Å². The van der Waals surface area contributed by atoms with E-state index in [-0.39, 0.29) is 84.0 Å². The quantitative estimate of drug-likeness (QED) is 0.162. The van der Waals surface area contributed by atoms with Gasteiger partial charge in [-0.2, -0.15) is 5.10 Å². The summed E-state index contributed by atoms with van der Waals surface area (Å²) in [5.74, 6) is -1.80. The second-order valence-electron chi connectivity index (χ2n) is 21.3.